The van der Waals surface area contributed by atoms with Crippen LogP contribution in [-0.2, 0) is 4.79 Å². The van der Waals surface area contributed by atoms with Gasteiger partial charge in [0.05, 0.1) is 0 Å². The Morgan fingerprint density at radius 1 is 1.14 bits per heavy atom. The third-order valence-electron chi connectivity index (χ3n) is 6.21. The van der Waals surface area contributed by atoms with Crippen LogP contribution in [0, 0.1) is 23.2 Å². The van der Waals surface area contributed by atoms with Crippen molar-refractivity contribution in [2.24, 2.45) is 23.2 Å². The van der Waals surface area contributed by atoms with E-state index in [0.29, 0.717) is 17.9 Å². The first kappa shape index (κ1) is 17.1. The molecule has 122 valence electrons. The zero-order valence-electron chi connectivity index (χ0n) is 13.5. The molecule has 1 atom stereocenters. The maximum absolute atomic E-state index is 12.1. The van der Waals surface area contributed by atoms with Gasteiger partial charge in [0.2, 0.25) is 5.91 Å². The van der Waals surface area contributed by atoms with Gasteiger partial charge in [-0.25, -0.2) is 0 Å². The van der Waals surface area contributed by atoms with Crippen LogP contribution in [0.1, 0.15) is 58.3 Å². The summed E-state index contributed by atoms with van der Waals surface area (Å²) in [5.41, 5.74) is 0.438. The predicted octanol–water partition coefficient (Wildman–Crippen LogP) is 3.13. The lowest BCUT2D eigenvalue weighted by Gasteiger charge is -2.59. The van der Waals surface area contributed by atoms with Crippen LogP contribution in [0.15, 0.2) is 0 Å². The number of rotatable bonds is 6. The summed E-state index contributed by atoms with van der Waals surface area (Å²) in [6.45, 7) is 3.20. The van der Waals surface area contributed by atoms with Gasteiger partial charge in [-0.2, -0.15) is 0 Å². The number of halogens is 1. The average Bonchev–Trinajstić information content (AvgIpc) is 2.37. The molecule has 3 nitrogen and oxygen atoms in total. The number of carbonyl (C=O) groups excluding carboxylic acids is 1. The standard InChI is InChI=1S/C17H30N2O.ClH/c1-12(19-16(20)4-3-5-18-2)17-9-13-6-14(10-17)8-15(7-13)11-17;/h12-15,18H,3-11H2,1-2H3,(H,19,20);1H. The summed E-state index contributed by atoms with van der Waals surface area (Å²) in [5, 5.41) is 6.43. The van der Waals surface area contributed by atoms with Crippen molar-refractivity contribution in [3.05, 3.63) is 0 Å². The molecule has 4 fully saturated rings. The van der Waals surface area contributed by atoms with E-state index < -0.39 is 0 Å². The molecule has 4 saturated carbocycles. The van der Waals surface area contributed by atoms with Crippen LogP contribution in [0.3, 0.4) is 0 Å². The average molecular weight is 315 g/mol. The second-order valence-electron chi connectivity index (χ2n) is 7.78. The molecule has 0 aromatic rings. The van der Waals surface area contributed by atoms with Crippen molar-refractivity contribution < 1.29 is 4.79 Å². The Morgan fingerprint density at radius 3 is 2.14 bits per heavy atom. The van der Waals surface area contributed by atoms with E-state index in [1.165, 1.54) is 38.5 Å². The fraction of sp³-hybridized carbons (Fsp3) is 0.941. The molecular weight excluding hydrogens is 284 g/mol. The highest BCUT2D eigenvalue weighted by Gasteiger charge is 2.53. The molecule has 4 rings (SSSR count). The number of carbonyl (C=O) groups is 1. The fourth-order valence-electron chi connectivity index (χ4n) is 5.60. The predicted molar refractivity (Wildman–Crippen MR) is 88.6 cm³/mol. The molecule has 0 heterocycles. The van der Waals surface area contributed by atoms with Crippen molar-refractivity contribution in [2.75, 3.05) is 13.6 Å². The minimum absolute atomic E-state index is 0. The zero-order chi connectivity index (χ0) is 14.2. The largest absolute Gasteiger partial charge is 0.353 e. The fourth-order valence-corrected chi connectivity index (χ4v) is 5.60. The molecular formula is C17H31ClN2O. The van der Waals surface area contributed by atoms with Crippen LogP contribution < -0.4 is 10.6 Å². The van der Waals surface area contributed by atoms with E-state index in [-0.39, 0.29) is 18.3 Å². The normalized spacial score (nSPS) is 37.9. The van der Waals surface area contributed by atoms with E-state index in [1.807, 2.05) is 7.05 Å². The molecule has 0 saturated heterocycles. The first-order valence-electron chi connectivity index (χ1n) is 8.55. The van der Waals surface area contributed by atoms with Crippen LogP contribution in [-0.4, -0.2) is 25.5 Å². The molecule has 4 bridgehead atoms. The molecule has 0 radical (unpaired) electrons. The van der Waals surface area contributed by atoms with E-state index in [9.17, 15) is 4.79 Å². The summed E-state index contributed by atoms with van der Waals surface area (Å²) in [5.74, 6) is 3.14. The van der Waals surface area contributed by atoms with Crippen molar-refractivity contribution in [3.8, 4) is 0 Å². The minimum atomic E-state index is 0. The van der Waals surface area contributed by atoms with Crippen molar-refractivity contribution in [2.45, 2.75) is 64.3 Å². The van der Waals surface area contributed by atoms with E-state index in [2.05, 4.69) is 17.6 Å². The summed E-state index contributed by atoms with van der Waals surface area (Å²) in [4.78, 5) is 12.1. The van der Waals surface area contributed by atoms with E-state index >= 15 is 0 Å². The number of hydrogen-bond acceptors (Lipinski definition) is 2. The SMILES string of the molecule is CNCCCC(=O)NC(C)C12CC3CC(CC(C3)C1)C2.Cl. The topological polar surface area (TPSA) is 41.1 Å². The molecule has 0 spiro atoms. The van der Waals surface area contributed by atoms with Gasteiger partial charge in [0.25, 0.3) is 0 Å². The van der Waals surface area contributed by atoms with Gasteiger partial charge in [-0.1, -0.05) is 0 Å². The van der Waals surface area contributed by atoms with Gasteiger partial charge < -0.3 is 10.6 Å². The van der Waals surface area contributed by atoms with Gasteiger partial charge in [0, 0.05) is 12.5 Å². The Bertz CT molecular complexity index is 337. The van der Waals surface area contributed by atoms with Gasteiger partial charge in [0.15, 0.2) is 0 Å². The van der Waals surface area contributed by atoms with Gasteiger partial charge in [-0.3, -0.25) is 4.79 Å². The number of amides is 1. The van der Waals surface area contributed by atoms with Crippen LogP contribution in [0.5, 0.6) is 0 Å². The van der Waals surface area contributed by atoms with Crippen LogP contribution in [0.4, 0.5) is 0 Å². The van der Waals surface area contributed by atoms with E-state index in [1.54, 1.807) is 0 Å². The molecule has 0 aromatic carbocycles. The molecule has 21 heavy (non-hydrogen) atoms. The van der Waals surface area contributed by atoms with Crippen LogP contribution >= 0.6 is 12.4 Å². The molecule has 4 heteroatoms. The first-order chi connectivity index (χ1) is 9.61. The first-order valence-corrected chi connectivity index (χ1v) is 8.55. The molecule has 0 aromatic heterocycles. The Balaban J connectivity index is 0.00000161. The molecule has 2 N–H and O–H groups in total. The second kappa shape index (κ2) is 6.87. The van der Waals surface area contributed by atoms with Gasteiger partial charge >= 0.3 is 0 Å². The van der Waals surface area contributed by atoms with E-state index in [0.717, 1.165) is 30.7 Å². The Morgan fingerprint density at radius 2 is 1.67 bits per heavy atom. The van der Waals surface area contributed by atoms with Crippen LogP contribution in [0.2, 0.25) is 0 Å². The summed E-state index contributed by atoms with van der Waals surface area (Å²) < 4.78 is 0. The van der Waals surface area contributed by atoms with Crippen molar-refractivity contribution in [1.29, 1.82) is 0 Å². The lowest BCUT2D eigenvalue weighted by molar-refractivity contribution is -0.126. The maximum Gasteiger partial charge on any atom is 0.220 e. The van der Waals surface area contributed by atoms with E-state index in [4.69, 9.17) is 0 Å². The summed E-state index contributed by atoms with van der Waals surface area (Å²) >= 11 is 0. The van der Waals surface area contributed by atoms with Crippen LogP contribution in [0.25, 0.3) is 0 Å². The summed E-state index contributed by atoms with van der Waals surface area (Å²) in [7, 11) is 1.94. The van der Waals surface area contributed by atoms with Crippen molar-refractivity contribution >= 4 is 18.3 Å². The highest BCUT2D eigenvalue weighted by molar-refractivity contribution is 5.85. The van der Waals surface area contributed by atoms with Gasteiger partial charge in [0.1, 0.15) is 0 Å². The third-order valence-corrected chi connectivity index (χ3v) is 6.21. The quantitative estimate of drug-likeness (QED) is 0.740. The summed E-state index contributed by atoms with van der Waals surface area (Å²) in [6.07, 6.45) is 10.1. The molecule has 1 unspecified atom stereocenters. The smallest absolute Gasteiger partial charge is 0.220 e. The Labute approximate surface area is 135 Å². The lowest BCUT2D eigenvalue weighted by Crippen LogP contribution is -2.55. The monoisotopic (exact) mass is 314 g/mol. The Kier molecular flexibility index (Phi) is 5.59. The zero-order valence-corrected chi connectivity index (χ0v) is 14.3. The van der Waals surface area contributed by atoms with Gasteiger partial charge in [-0.15, -0.1) is 12.4 Å². The van der Waals surface area contributed by atoms with Crippen molar-refractivity contribution in [3.63, 3.8) is 0 Å². The number of hydrogen-bond donors (Lipinski definition) is 2. The maximum atomic E-state index is 12.1. The molecule has 1 amide bonds. The summed E-state index contributed by atoms with van der Waals surface area (Å²) in [6, 6.07) is 0.373. The third kappa shape index (κ3) is 3.56. The highest BCUT2D eigenvalue weighted by Crippen LogP contribution is 2.61. The highest BCUT2D eigenvalue weighted by atomic mass is 35.5. The lowest BCUT2D eigenvalue weighted by atomic mass is 9.48. The minimum Gasteiger partial charge on any atom is -0.353 e. The Hall–Kier alpha value is -0.280. The molecule has 4 aliphatic rings. The number of nitrogens with one attached hydrogen (secondary N) is 2. The van der Waals surface area contributed by atoms with Crippen molar-refractivity contribution in [1.82, 2.24) is 10.6 Å². The molecule has 0 aliphatic heterocycles. The second-order valence-corrected chi connectivity index (χ2v) is 7.78. The van der Waals surface area contributed by atoms with Gasteiger partial charge in [-0.05, 0) is 88.6 Å². The molecule has 4 aliphatic carbocycles.